The van der Waals surface area contributed by atoms with E-state index in [1.165, 1.54) is 5.57 Å². The Labute approximate surface area is 312 Å². The number of hydrogen-bond donors (Lipinski definition) is 8. The van der Waals surface area contributed by atoms with E-state index in [0.717, 1.165) is 37.7 Å². The van der Waals surface area contributed by atoms with E-state index in [-0.39, 0.29) is 53.1 Å². The van der Waals surface area contributed by atoms with Gasteiger partial charge < -0.3 is 59.8 Å². The summed E-state index contributed by atoms with van der Waals surface area (Å²) in [5.41, 5.74) is -0.107. The van der Waals surface area contributed by atoms with Crippen LogP contribution in [0.25, 0.3) is 0 Å². The van der Waals surface area contributed by atoms with Gasteiger partial charge in [0.05, 0.1) is 24.7 Å². The molecule has 19 unspecified atom stereocenters. The Morgan fingerprint density at radius 3 is 2.25 bits per heavy atom. The van der Waals surface area contributed by atoms with Crippen molar-refractivity contribution in [1.82, 2.24) is 0 Å². The number of ether oxygens (including phenoxy) is 4. The molecule has 0 aromatic rings. The SMILES string of the molecule is C=C1C(C)CCC2(C(=O)OC3OC(O)C(O)C(O)C3O)CCC3(C)C(=CCC4C5(C)CCC(OC6OCC(O)C(O)C6O)C(C)(CO)C5CCC43C)C12. The van der Waals surface area contributed by atoms with Gasteiger partial charge in [-0.15, -0.1) is 0 Å². The van der Waals surface area contributed by atoms with Gasteiger partial charge in [0, 0.05) is 11.3 Å². The molecule has 7 aliphatic rings. The third kappa shape index (κ3) is 5.61. The summed E-state index contributed by atoms with van der Waals surface area (Å²) < 4.78 is 23.1. The Hall–Kier alpha value is -1.49. The van der Waals surface area contributed by atoms with E-state index in [2.05, 4.69) is 47.3 Å². The molecule has 0 aromatic carbocycles. The Kier molecular flexibility index (Phi) is 10.2. The van der Waals surface area contributed by atoms with Crippen LogP contribution in [-0.4, -0.2) is 122 Å². The van der Waals surface area contributed by atoms with E-state index in [1.807, 2.05) is 0 Å². The highest BCUT2D eigenvalue weighted by molar-refractivity contribution is 5.80. The number of carbonyl (C=O) groups is 1. The van der Waals surface area contributed by atoms with Crippen molar-refractivity contribution in [2.45, 2.75) is 154 Å². The molecular formula is C40H62O13. The number of fused-ring (bicyclic) bond motifs is 7. The predicted molar refractivity (Wildman–Crippen MR) is 188 cm³/mol. The molecule has 2 heterocycles. The summed E-state index contributed by atoms with van der Waals surface area (Å²) in [6, 6.07) is 0. The summed E-state index contributed by atoms with van der Waals surface area (Å²) in [5, 5.41) is 83.2. The topological polar surface area (TPSA) is 216 Å². The molecule has 4 saturated carbocycles. The smallest absolute Gasteiger partial charge is 0.315 e. The van der Waals surface area contributed by atoms with Crippen molar-refractivity contribution < 1.29 is 64.6 Å². The lowest BCUT2D eigenvalue weighted by Gasteiger charge is -2.71. The van der Waals surface area contributed by atoms with Crippen LogP contribution >= 0.6 is 0 Å². The van der Waals surface area contributed by atoms with Crippen LogP contribution < -0.4 is 0 Å². The Bertz CT molecular complexity index is 1470. The lowest BCUT2D eigenvalue weighted by Crippen LogP contribution is -2.67. The zero-order valence-corrected chi connectivity index (χ0v) is 31.8. The highest BCUT2D eigenvalue weighted by Crippen LogP contribution is 2.76. The largest absolute Gasteiger partial charge is 0.432 e. The van der Waals surface area contributed by atoms with Crippen molar-refractivity contribution in [2.75, 3.05) is 13.2 Å². The Balaban J connectivity index is 1.18. The third-order valence-electron chi connectivity index (χ3n) is 16.5. The second-order valence-corrected chi connectivity index (χ2v) is 18.7. The van der Waals surface area contributed by atoms with Gasteiger partial charge in [0.25, 0.3) is 0 Å². The first-order valence-electron chi connectivity index (χ1n) is 19.7. The Morgan fingerprint density at radius 1 is 0.849 bits per heavy atom. The zero-order valence-electron chi connectivity index (χ0n) is 31.8. The van der Waals surface area contributed by atoms with E-state index >= 15 is 0 Å². The Morgan fingerprint density at radius 2 is 1.55 bits per heavy atom. The highest BCUT2D eigenvalue weighted by Gasteiger charge is 2.70. The van der Waals surface area contributed by atoms with Crippen LogP contribution in [0.2, 0.25) is 0 Å². The maximum atomic E-state index is 14.4. The molecule has 2 saturated heterocycles. The van der Waals surface area contributed by atoms with Crippen LogP contribution in [0, 0.1) is 50.7 Å². The van der Waals surface area contributed by atoms with E-state index in [1.54, 1.807) is 0 Å². The third-order valence-corrected chi connectivity index (χ3v) is 16.5. The molecule has 13 nitrogen and oxygen atoms in total. The monoisotopic (exact) mass is 750 g/mol. The first-order chi connectivity index (χ1) is 24.8. The minimum absolute atomic E-state index is 0.0834. The number of aliphatic hydroxyl groups is 8. The minimum atomic E-state index is -1.83. The van der Waals surface area contributed by atoms with Gasteiger partial charge in [-0.1, -0.05) is 58.4 Å². The number of carbonyl (C=O) groups excluding carboxylic acids is 1. The fourth-order valence-corrected chi connectivity index (χ4v) is 12.9. The summed E-state index contributed by atoms with van der Waals surface area (Å²) in [7, 11) is 0. The van der Waals surface area contributed by atoms with E-state index in [4.69, 9.17) is 18.9 Å². The number of hydrogen-bond acceptors (Lipinski definition) is 13. The van der Waals surface area contributed by atoms with Gasteiger partial charge in [-0.2, -0.15) is 0 Å². The number of esters is 1. The number of rotatable bonds is 5. The van der Waals surface area contributed by atoms with Crippen molar-refractivity contribution in [2.24, 2.45) is 50.7 Å². The molecule has 0 aromatic heterocycles. The molecule has 53 heavy (non-hydrogen) atoms. The van der Waals surface area contributed by atoms with E-state index in [0.29, 0.717) is 25.7 Å². The fraction of sp³-hybridized carbons (Fsp3) is 0.875. The van der Waals surface area contributed by atoms with Crippen LogP contribution in [0.3, 0.4) is 0 Å². The zero-order chi connectivity index (χ0) is 38.6. The maximum Gasteiger partial charge on any atom is 0.315 e. The van der Waals surface area contributed by atoms with Gasteiger partial charge >= 0.3 is 5.97 Å². The second-order valence-electron chi connectivity index (χ2n) is 18.7. The molecule has 6 fully saturated rings. The summed E-state index contributed by atoms with van der Waals surface area (Å²) >= 11 is 0. The molecule has 19 atom stereocenters. The van der Waals surface area contributed by atoms with E-state index < -0.39 is 78.4 Å². The standard InChI is InChI=1S/C40H62O13/c1-19-9-14-40(35(49)53-34-31(47)28(44)29(45)32(48)52-34)16-15-38(5)21(26(40)20(19)2)7-8-24-36(3)12-11-25(51-33-30(46)27(43)22(42)17-50-33)37(4,18-41)23(36)10-13-39(24,38)6/h7,19,22-34,41-48H,2,8-18H2,1,3-6H3. The summed E-state index contributed by atoms with van der Waals surface area (Å²) in [4.78, 5) is 14.4. The molecule has 13 heteroatoms. The molecule has 8 N–H and O–H groups in total. The molecule has 5 aliphatic carbocycles. The highest BCUT2D eigenvalue weighted by atomic mass is 16.8. The van der Waals surface area contributed by atoms with Crippen LogP contribution in [0.15, 0.2) is 23.8 Å². The van der Waals surface area contributed by atoms with Crippen molar-refractivity contribution in [3.05, 3.63) is 23.8 Å². The van der Waals surface area contributed by atoms with E-state index in [9.17, 15) is 45.6 Å². The molecule has 0 amide bonds. The number of allylic oxidation sites excluding steroid dienone is 3. The first kappa shape index (κ1) is 39.7. The van der Waals surface area contributed by atoms with Gasteiger partial charge in [-0.25, -0.2) is 0 Å². The molecule has 300 valence electrons. The molecule has 2 aliphatic heterocycles. The average molecular weight is 751 g/mol. The molecule has 7 rings (SSSR count). The molecular weight excluding hydrogens is 688 g/mol. The second kappa shape index (κ2) is 13.6. The minimum Gasteiger partial charge on any atom is -0.432 e. The lowest BCUT2D eigenvalue weighted by atomic mass is 9.33. The predicted octanol–water partition coefficient (Wildman–Crippen LogP) is 1.66. The van der Waals surface area contributed by atoms with Crippen LogP contribution in [0.4, 0.5) is 0 Å². The van der Waals surface area contributed by atoms with Gasteiger partial charge in [-0.3, -0.25) is 4.79 Å². The average Bonchev–Trinajstić information content (AvgIpc) is 3.12. The van der Waals surface area contributed by atoms with Crippen LogP contribution in [-0.2, 0) is 23.7 Å². The van der Waals surface area contributed by atoms with Crippen LogP contribution in [0.5, 0.6) is 0 Å². The maximum absolute atomic E-state index is 14.4. The van der Waals surface area contributed by atoms with Gasteiger partial charge in [-0.05, 0) is 91.8 Å². The first-order valence-corrected chi connectivity index (χ1v) is 19.7. The summed E-state index contributed by atoms with van der Waals surface area (Å²) in [6.07, 6.45) is -5.44. The quantitative estimate of drug-likeness (QED) is 0.114. The molecule has 0 bridgehead atoms. The van der Waals surface area contributed by atoms with Gasteiger partial charge in [0.1, 0.15) is 36.6 Å². The van der Waals surface area contributed by atoms with Gasteiger partial charge in [0.15, 0.2) is 12.6 Å². The molecule has 0 spiro atoms. The van der Waals surface area contributed by atoms with Crippen molar-refractivity contribution in [1.29, 1.82) is 0 Å². The van der Waals surface area contributed by atoms with Crippen molar-refractivity contribution >= 4 is 5.97 Å². The van der Waals surface area contributed by atoms with Crippen molar-refractivity contribution in [3.8, 4) is 0 Å². The molecule has 0 radical (unpaired) electrons. The van der Waals surface area contributed by atoms with Crippen LogP contribution in [0.1, 0.15) is 92.4 Å². The summed E-state index contributed by atoms with van der Waals surface area (Å²) in [5.74, 6) is -0.385. The number of aliphatic hydroxyl groups excluding tert-OH is 8. The lowest BCUT2D eigenvalue weighted by molar-refractivity contribution is -0.334. The fourth-order valence-electron chi connectivity index (χ4n) is 12.9. The summed E-state index contributed by atoms with van der Waals surface area (Å²) in [6.45, 7) is 15.6. The van der Waals surface area contributed by atoms with Crippen molar-refractivity contribution in [3.63, 3.8) is 0 Å². The van der Waals surface area contributed by atoms with Gasteiger partial charge in [0.2, 0.25) is 6.29 Å². The normalized spacial score (nSPS) is 55.5.